The number of para-hydroxylation sites is 1. The van der Waals surface area contributed by atoms with Gasteiger partial charge in [-0.1, -0.05) is 18.2 Å². The van der Waals surface area contributed by atoms with E-state index in [4.69, 9.17) is 0 Å². The van der Waals surface area contributed by atoms with E-state index in [-0.39, 0.29) is 11.5 Å². The normalized spacial score (nSPS) is 14.0. The molecule has 1 aromatic carbocycles. The first kappa shape index (κ1) is 19.1. The van der Waals surface area contributed by atoms with Crippen LogP contribution in [0.2, 0.25) is 0 Å². The molecule has 0 aliphatic carbocycles. The summed E-state index contributed by atoms with van der Waals surface area (Å²) in [5, 5.41) is 14.8. The molecule has 1 N–H and O–H groups in total. The second kappa shape index (κ2) is 8.39. The Kier molecular flexibility index (Phi) is 5.52. The van der Waals surface area contributed by atoms with E-state index in [1.54, 1.807) is 18.3 Å². The first-order chi connectivity index (χ1) is 14.1. The Balaban J connectivity index is 1.56. The van der Waals surface area contributed by atoms with Gasteiger partial charge in [-0.3, -0.25) is 10.1 Å². The number of nitro groups is 1. The third-order valence-electron chi connectivity index (χ3n) is 4.66. The molecule has 3 heterocycles. The number of pyridine rings is 1. The van der Waals surface area contributed by atoms with Crippen molar-refractivity contribution in [3.8, 4) is 0 Å². The van der Waals surface area contributed by atoms with Crippen molar-refractivity contribution in [1.82, 2.24) is 15.0 Å². The van der Waals surface area contributed by atoms with Crippen LogP contribution < -0.4 is 15.1 Å². The Morgan fingerprint density at radius 1 is 0.966 bits per heavy atom. The van der Waals surface area contributed by atoms with Gasteiger partial charge in [-0.05, 0) is 40.2 Å². The molecule has 0 radical (unpaired) electrons. The molecule has 0 unspecified atom stereocenters. The molecule has 148 valence electrons. The lowest BCUT2D eigenvalue weighted by Crippen LogP contribution is -2.47. The number of anilines is 4. The van der Waals surface area contributed by atoms with Crippen LogP contribution in [-0.4, -0.2) is 46.1 Å². The van der Waals surface area contributed by atoms with Gasteiger partial charge in [0.15, 0.2) is 0 Å². The summed E-state index contributed by atoms with van der Waals surface area (Å²) < 4.78 is 0.817. The number of halogens is 1. The van der Waals surface area contributed by atoms with Gasteiger partial charge >= 0.3 is 5.69 Å². The fourth-order valence-corrected chi connectivity index (χ4v) is 3.48. The van der Waals surface area contributed by atoms with Crippen molar-refractivity contribution in [2.24, 2.45) is 0 Å². The maximum Gasteiger partial charge on any atom is 0.353 e. The maximum absolute atomic E-state index is 11.8. The van der Waals surface area contributed by atoms with E-state index >= 15 is 0 Å². The molecule has 1 saturated heterocycles. The van der Waals surface area contributed by atoms with Crippen LogP contribution >= 0.6 is 15.9 Å². The molecular formula is C19H18BrN7O2. The van der Waals surface area contributed by atoms with Crippen LogP contribution in [0.15, 0.2) is 59.5 Å². The number of hydrogen-bond donors (Lipinski definition) is 1. The van der Waals surface area contributed by atoms with Crippen molar-refractivity contribution >= 4 is 44.8 Å². The molecule has 4 rings (SSSR count). The summed E-state index contributed by atoms with van der Waals surface area (Å²) in [7, 11) is 0. The number of rotatable bonds is 5. The third-order valence-corrected chi connectivity index (χ3v) is 5.13. The molecule has 0 amide bonds. The zero-order chi connectivity index (χ0) is 20.2. The van der Waals surface area contributed by atoms with Gasteiger partial charge in [-0.15, -0.1) is 0 Å². The van der Waals surface area contributed by atoms with Crippen LogP contribution in [-0.2, 0) is 0 Å². The summed E-state index contributed by atoms with van der Waals surface area (Å²) in [5.41, 5.74) is 0.999. The van der Waals surface area contributed by atoms with Crippen molar-refractivity contribution in [2.45, 2.75) is 0 Å². The van der Waals surface area contributed by atoms with Gasteiger partial charge < -0.3 is 15.1 Å². The number of piperazine rings is 1. The Labute approximate surface area is 175 Å². The van der Waals surface area contributed by atoms with Crippen molar-refractivity contribution in [3.63, 3.8) is 0 Å². The molecule has 3 aromatic rings. The summed E-state index contributed by atoms with van der Waals surface area (Å²) in [6, 6.07) is 13.6. The predicted molar refractivity (Wildman–Crippen MR) is 115 cm³/mol. The minimum Gasteiger partial charge on any atom is -0.368 e. The standard InChI is InChI=1S/C19H18BrN7O2/c20-14-6-7-16(21-12-14)24-18-17(27(28)29)19(23-13-22-18)26-10-8-25(9-11-26)15-4-2-1-3-5-15/h1-7,12-13H,8-11H2,(H,21,22,23,24). The second-order valence-corrected chi connectivity index (χ2v) is 7.36. The number of nitrogens with zero attached hydrogens (tertiary/aromatic N) is 6. The zero-order valence-electron chi connectivity index (χ0n) is 15.4. The summed E-state index contributed by atoms with van der Waals surface area (Å²) in [6.45, 7) is 2.76. The SMILES string of the molecule is O=[N+]([O-])c1c(Nc2ccc(Br)cn2)ncnc1N1CCN(c2ccccc2)CC1. The lowest BCUT2D eigenvalue weighted by atomic mass is 10.2. The summed E-state index contributed by atoms with van der Waals surface area (Å²) in [4.78, 5) is 28.1. The molecule has 0 spiro atoms. The fourth-order valence-electron chi connectivity index (χ4n) is 3.25. The van der Waals surface area contributed by atoms with E-state index < -0.39 is 4.92 Å². The van der Waals surface area contributed by atoms with Gasteiger partial charge in [0.25, 0.3) is 0 Å². The molecule has 1 aliphatic rings. The van der Waals surface area contributed by atoms with Crippen molar-refractivity contribution in [1.29, 1.82) is 0 Å². The smallest absolute Gasteiger partial charge is 0.353 e. The molecule has 9 nitrogen and oxygen atoms in total. The average molecular weight is 456 g/mol. The summed E-state index contributed by atoms with van der Waals surface area (Å²) in [6.07, 6.45) is 2.95. The van der Waals surface area contributed by atoms with E-state index in [1.165, 1.54) is 6.33 Å². The molecule has 29 heavy (non-hydrogen) atoms. The Bertz CT molecular complexity index is 993. The highest BCUT2D eigenvalue weighted by Gasteiger charge is 2.29. The van der Waals surface area contributed by atoms with E-state index in [2.05, 4.69) is 53.2 Å². The highest BCUT2D eigenvalue weighted by Crippen LogP contribution is 2.34. The highest BCUT2D eigenvalue weighted by atomic mass is 79.9. The van der Waals surface area contributed by atoms with Crippen molar-refractivity contribution in [2.75, 3.05) is 41.3 Å². The van der Waals surface area contributed by atoms with Crippen LogP contribution in [0.5, 0.6) is 0 Å². The Hall–Kier alpha value is -3.27. The lowest BCUT2D eigenvalue weighted by molar-refractivity contribution is -0.383. The first-order valence-corrected chi connectivity index (χ1v) is 9.84. The van der Waals surface area contributed by atoms with E-state index in [0.717, 1.165) is 23.2 Å². The number of aromatic nitrogens is 3. The van der Waals surface area contributed by atoms with E-state index in [0.29, 0.717) is 24.7 Å². The summed E-state index contributed by atoms with van der Waals surface area (Å²) >= 11 is 3.32. The molecule has 0 saturated carbocycles. The summed E-state index contributed by atoms with van der Waals surface area (Å²) in [5.74, 6) is 0.910. The van der Waals surface area contributed by atoms with Crippen LogP contribution in [0.1, 0.15) is 0 Å². The van der Waals surface area contributed by atoms with Gasteiger partial charge in [-0.25, -0.2) is 15.0 Å². The maximum atomic E-state index is 11.8. The molecule has 2 aromatic heterocycles. The topological polar surface area (TPSA) is 100 Å². The lowest BCUT2D eigenvalue weighted by Gasteiger charge is -2.36. The largest absolute Gasteiger partial charge is 0.368 e. The minimum absolute atomic E-state index is 0.125. The fraction of sp³-hybridized carbons (Fsp3) is 0.211. The van der Waals surface area contributed by atoms with Gasteiger partial charge in [0.05, 0.1) is 4.92 Å². The van der Waals surface area contributed by atoms with Gasteiger partial charge in [-0.2, -0.15) is 0 Å². The third kappa shape index (κ3) is 4.27. The molecular weight excluding hydrogens is 438 g/mol. The van der Waals surface area contributed by atoms with Gasteiger partial charge in [0, 0.05) is 42.5 Å². The highest BCUT2D eigenvalue weighted by molar-refractivity contribution is 9.10. The zero-order valence-corrected chi connectivity index (χ0v) is 17.0. The Morgan fingerprint density at radius 2 is 1.69 bits per heavy atom. The molecule has 10 heteroatoms. The van der Waals surface area contributed by atoms with E-state index in [1.807, 2.05) is 23.1 Å². The monoisotopic (exact) mass is 455 g/mol. The van der Waals surface area contributed by atoms with Crippen LogP contribution in [0, 0.1) is 10.1 Å². The van der Waals surface area contributed by atoms with Gasteiger partial charge in [0.1, 0.15) is 12.1 Å². The molecule has 1 fully saturated rings. The predicted octanol–water partition coefficient (Wildman–Crippen LogP) is 3.61. The van der Waals surface area contributed by atoms with E-state index in [9.17, 15) is 10.1 Å². The van der Waals surface area contributed by atoms with Gasteiger partial charge in [0.2, 0.25) is 11.6 Å². The van der Waals surface area contributed by atoms with Crippen LogP contribution in [0.4, 0.5) is 28.8 Å². The number of nitrogens with one attached hydrogen (secondary N) is 1. The molecule has 0 bridgehead atoms. The first-order valence-electron chi connectivity index (χ1n) is 9.05. The molecule has 0 atom stereocenters. The minimum atomic E-state index is -0.444. The molecule has 1 aliphatic heterocycles. The number of benzene rings is 1. The Morgan fingerprint density at radius 3 is 2.34 bits per heavy atom. The van der Waals surface area contributed by atoms with Crippen molar-refractivity contribution < 1.29 is 4.92 Å². The van der Waals surface area contributed by atoms with Crippen molar-refractivity contribution in [3.05, 3.63) is 69.6 Å². The number of hydrogen-bond acceptors (Lipinski definition) is 8. The average Bonchev–Trinajstić information content (AvgIpc) is 2.76. The second-order valence-electron chi connectivity index (χ2n) is 6.45. The van der Waals surface area contributed by atoms with Crippen LogP contribution in [0.3, 0.4) is 0 Å². The van der Waals surface area contributed by atoms with Crippen LogP contribution in [0.25, 0.3) is 0 Å². The quantitative estimate of drug-likeness (QED) is 0.459.